The highest BCUT2D eigenvalue weighted by atomic mass is 35.5. The molecule has 0 saturated carbocycles. The molecular formula is C5H11Cl2O2P. The van der Waals surface area contributed by atoms with Crippen LogP contribution >= 0.6 is 31.2 Å². The molecule has 0 rings (SSSR count). The molecule has 2 nitrogen and oxygen atoms in total. The van der Waals surface area contributed by atoms with Gasteiger partial charge in [0.15, 0.2) is 8.03 Å². The van der Waals surface area contributed by atoms with Gasteiger partial charge in [-0.05, 0) is 6.42 Å². The third-order valence-electron chi connectivity index (χ3n) is 0.855. The van der Waals surface area contributed by atoms with Crippen LogP contribution in [0, 0.1) is 0 Å². The van der Waals surface area contributed by atoms with Crippen LogP contribution in [0.1, 0.15) is 6.42 Å². The monoisotopic (exact) mass is 204 g/mol. The lowest BCUT2D eigenvalue weighted by molar-refractivity contribution is 0.352. The van der Waals surface area contributed by atoms with Crippen molar-refractivity contribution in [3.05, 3.63) is 0 Å². The van der Waals surface area contributed by atoms with Crippen LogP contribution in [0.4, 0.5) is 0 Å². The summed E-state index contributed by atoms with van der Waals surface area (Å²) in [7, 11) is -1.83. The lowest BCUT2D eigenvalue weighted by Crippen LogP contribution is -1.89. The van der Waals surface area contributed by atoms with Crippen LogP contribution in [0.25, 0.3) is 0 Å². The second-order valence-electron chi connectivity index (χ2n) is 1.70. The fourth-order valence-electron chi connectivity index (χ4n) is 0.436. The topological polar surface area (TPSA) is 26.3 Å². The maximum Gasteiger partial charge on any atom is 0.191 e. The number of rotatable bonds is 6. The minimum Gasteiger partial charge on any atom is -0.329 e. The van der Waals surface area contributed by atoms with Gasteiger partial charge < -0.3 is 4.52 Å². The second-order valence-corrected chi connectivity index (χ2v) is 3.99. The lowest BCUT2D eigenvalue weighted by atomic mass is 10.6. The average Bonchev–Trinajstić information content (AvgIpc) is 1.97. The van der Waals surface area contributed by atoms with Gasteiger partial charge in [-0.25, -0.2) is 0 Å². The Morgan fingerprint density at radius 3 is 2.50 bits per heavy atom. The van der Waals surface area contributed by atoms with Crippen molar-refractivity contribution >= 4 is 31.2 Å². The average molecular weight is 205 g/mol. The van der Waals surface area contributed by atoms with Crippen LogP contribution in [0.3, 0.4) is 0 Å². The highest BCUT2D eigenvalue weighted by molar-refractivity contribution is 7.39. The molecule has 1 atom stereocenters. The largest absolute Gasteiger partial charge is 0.329 e. The Balaban J connectivity index is 3.09. The van der Waals surface area contributed by atoms with Gasteiger partial charge in [0.1, 0.15) is 0 Å². The van der Waals surface area contributed by atoms with E-state index in [9.17, 15) is 4.57 Å². The van der Waals surface area contributed by atoms with Crippen molar-refractivity contribution < 1.29 is 9.09 Å². The molecule has 0 aromatic heterocycles. The Bertz CT molecular complexity index is 89.6. The van der Waals surface area contributed by atoms with Crippen LogP contribution in [0.2, 0.25) is 0 Å². The van der Waals surface area contributed by atoms with E-state index in [1.807, 2.05) is 0 Å². The SMILES string of the molecule is O=[PH](CCCCl)OCCCl. The third kappa shape index (κ3) is 6.88. The van der Waals surface area contributed by atoms with Gasteiger partial charge in [0, 0.05) is 17.9 Å². The van der Waals surface area contributed by atoms with Crippen molar-refractivity contribution in [1.82, 2.24) is 0 Å². The first-order valence-electron chi connectivity index (χ1n) is 3.08. The number of alkyl halides is 2. The first-order chi connectivity index (χ1) is 4.81. The molecule has 0 fully saturated rings. The molecule has 0 aliphatic heterocycles. The summed E-state index contributed by atoms with van der Waals surface area (Å²) < 4.78 is 15.7. The molecule has 0 saturated heterocycles. The van der Waals surface area contributed by atoms with E-state index < -0.39 is 8.03 Å². The molecular weight excluding hydrogens is 194 g/mol. The molecule has 1 unspecified atom stereocenters. The van der Waals surface area contributed by atoms with E-state index in [0.29, 0.717) is 24.5 Å². The standard InChI is InChI=1S/C5H11Cl2O2P/c6-2-1-5-10(8)9-4-3-7/h10H,1-5H2. The summed E-state index contributed by atoms with van der Waals surface area (Å²) in [4.78, 5) is 0. The smallest absolute Gasteiger partial charge is 0.191 e. The summed E-state index contributed by atoms with van der Waals surface area (Å²) in [5.74, 6) is 0.942. The zero-order chi connectivity index (χ0) is 7.82. The van der Waals surface area contributed by atoms with E-state index in [1.54, 1.807) is 0 Å². The summed E-state index contributed by atoms with van der Waals surface area (Å²) in [5, 5.41) is 0. The van der Waals surface area contributed by atoms with E-state index in [2.05, 4.69) is 0 Å². The zero-order valence-corrected chi connectivity index (χ0v) is 8.12. The summed E-state index contributed by atoms with van der Waals surface area (Å²) in [6.45, 7) is 0.377. The maximum atomic E-state index is 10.8. The van der Waals surface area contributed by atoms with Gasteiger partial charge in [0.25, 0.3) is 0 Å². The van der Waals surface area contributed by atoms with Crippen LogP contribution < -0.4 is 0 Å². The molecule has 0 aliphatic carbocycles. The van der Waals surface area contributed by atoms with E-state index in [4.69, 9.17) is 27.7 Å². The molecule has 0 N–H and O–H groups in total. The summed E-state index contributed by atoms with van der Waals surface area (Å²) in [5.41, 5.74) is 0. The van der Waals surface area contributed by atoms with Crippen LogP contribution in [0.5, 0.6) is 0 Å². The molecule has 0 spiro atoms. The fraction of sp³-hybridized carbons (Fsp3) is 1.00. The number of halogens is 2. The molecule has 62 valence electrons. The van der Waals surface area contributed by atoms with E-state index in [0.717, 1.165) is 6.42 Å². The van der Waals surface area contributed by atoms with Gasteiger partial charge in [-0.3, -0.25) is 4.57 Å². The first kappa shape index (κ1) is 10.8. The Morgan fingerprint density at radius 1 is 1.30 bits per heavy atom. The number of hydrogen-bond acceptors (Lipinski definition) is 2. The molecule has 0 aromatic carbocycles. The highest BCUT2D eigenvalue weighted by Gasteiger charge is 1.96. The molecule has 10 heavy (non-hydrogen) atoms. The van der Waals surface area contributed by atoms with E-state index in [-0.39, 0.29) is 0 Å². The first-order valence-corrected chi connectivity index (χ1v) is 5.68. The molecule has 0 bridgehead atoms. The van der Waals surface area contributed by atoms with Gasteiger partial charge in [-0.2, -0.15) is 0 Å². The molecule has 0 heterocycles. The lowest BCUT2D eigenvalue weighted by Gasteiger charge is -1.99. The molecule has 0 radical (unpaired) electrons. The van der Waals surface area contributed by atoms with E-state index in [1.165, 1.54) is 0 Å². The van der Waals surface area contributed by atoms with Gasteiger partial charge in [0.2, 0.25) is 0 Å². The van der Waals surface area contributed by atoms with Crippen molar-refractivity contribution in [3.8, 4) is 0 Å². The summed E-state index contributed by atoms with van der Waals surface area (Å²) in [6.07, 6.45) is 1.33. The predicted octanol–water partition coefficient (Wildman–Crippen LogP) is 2.35. The van der Waals surface area contributed by atoms with Crippen LogP contribution in [-0.2, 0) is 9.09 Å². The minimum atomic E-state index is -1.83. The third-order valence-corrected chi connectivity index (χ3v) is 2.56. The highest BCUT2D eigenvalue weighted by Crippen LogP contribution is 2.22. The van der Waals surface area contributed by atoms with Crippen LogP contribution in [0.15, 0.2) is 0 Å². The normalized spacial score (nSPS) is 13.4. The Morgan fingerprint density at radius 2 is 2.00 bits per heavy atom. The summed E-state index contributed by atoms with van der Waals surface area (Å²) in [6, 6.07) is 0. The molecule has 0 aliphatic rings. The Hall–Kier alpha value is 0.770. The Kier molecular flexibility index (Phi) is 8.48. The van der Waals surface area contributed by atoms with Gasteiger partial charge in [0.05, 0.1) is 6.61 Å². The van der Waals surface area contributed by atoms with Crippen LogP contribution in [-0.4, -0.2) is 24.5 Å². The molecule has 0 amide bonds. The summed E-state index contributed by atoms with van der Waals surface area (Å²) >= 11 is 10.7. The minimum absolute atomic E-state index is 0.377. The molecule has 0 aromatic rings. The van der Waals surface area contributed by atoms with Gasteiger partial charge in [-0.1, -0.05) is 0 Å². The maximum absolute atomic E-state index is 10.8. The zero-order valence-electron chi connectivity index (χ0n) is 5.61. The Labute approximate surface area is 71.7 Å². The van der Waals surface area contributed by atoms with Gasteiger partial charge in [-0.15, -0.1) is 23.2 Å². The molecule has 5 heteroatoms. The van der Waals surface area contributed by atoms with Gasteiger partial charge >= 0.3 is 0 Å². The van der Waals surface area contributed by atoms with Crippen molar-refractivity contribution in [2.75, 3.05) is 24.5 Å². The fourth-order valence-corrected chi connectivity index (χ4v) is 1.94. The second kappa shape index (κ2) is 7.87. The predicted molar refractivity (Wildman–Crippen MR) is 45.9 cm³/mol. The van der Waals surface area contributed by atoms with Crippen molar-refractivity contribution in [2.45, 2.75) is 6.42 Å². The van der Waals surface area contributed by atoms with E-state index >= 15 is 0 Å². The van der Waals surface area contributed by atoms with Crippen molar-refractivity contribution in [2.24, 2.45) is 0 Å². The van der Waals surface area contributed by atoms with Crippen molar-refractivity contribution in [3.63, 3.8) is 0 Å². The quantitative estimate of drug-likeness (QED) is 0.491. The number of hydrogen-bond donors (Lipinski definition) is 0. The van der Waals surface area contributed by atoms with Crippen molar-refractivity contribution in [1.29, 1.82) is 0 Å².